The molecule has 1 aliphatic rings. The van der Waals surface area contributed by atoms with Crippen LogP contribution in [-0.4, -0.2) is 19.8 Å². The fraction of sp³-hybridized carbons (Fsp3) is 0.417. The Balaban J connectivity index is 1.94. The lowest BCUT2D eigenvalue weighted by atomic mass is 10.1. The molecule has 0 bridgehead atoms. The Morgan fingerprint density at radius 1 is 1.56 bits per heavy atom. The van der Waals surface area contributed by atoms with E-state index in [2.05, 4.69) is 0 Å². The molecular weight excluding hydrogens is 204 g/mol. The van der Waals surface area contributed by atoms with E-state index < -0.39 is 0 Å². The summed E-state index contributed by atoms with van der Waals surface area (Å²) in [6.45, 7) is 2.24. The predicted octanol–water partition coefficient (Wildman–Crippen LogP) is 1.56. The first-order chi connectivity index (χ1) is 7.79. The number of nitrogen functional groups attached to an aromatic ring is 1. The fourth-order valence-electron chi connectivity index (χ4n) is 1.66. The third kappa shape index (κ3) is 2.44. The number of ether oxygens (including phenoxy) is 2. The van der Waals surface area contributed by atoms with Crippen molar-refractivity contribution >= 4 is 5.69 Å². The Hall–Kier alpha value is -1.73. The number of nitrogens with two attached hydrogens (primary N) is 1. The lowest BCUT2D eigenvalue weighted by Crippen LogP contribution is -2.11. The molecule has 0 saturated carbocycles. The molecule has 2 N–H and O–H groups in total. The maximum atomic E-state index is 8.72. The van der Waals surface area contributed by atoms with E-state index in [0.29, 0.717) is 29.5 Å². The Morgan fingerprint density at radius 2 is 2.44 bits per heavy atom. The van der Waals surface area contributed by atoms with E-state index in [1.807, 2.05) is 6.07 Å². The molecule has 1 fully saturated rings. The zero-order valence-corrected chi connectivity index (χ0v) is 8.98. The van der Waals surface area contributed by atoms with Crippen LogP contribution in [0.15, 0.2) is 18.2 Å². The van der Waals surface area contributed by atoms with Crippen molar-refractivity contribution in [2.24, 2.45) is 5.92 Å². The van der Waals surface area contributed by atoms with Crippen molar-refractivity contribution in [3.8, 4) is 11.8 Å². The van der Waals surface area contributed by atoms with Crippen molar-refractivity contribution in [3.63, 3.8) is 0 Å². The second-order valence-corrected chi connectivity index (χ2v) is 3.90. The summed E-state index contributed by atoms with van der Waals surface area (Å²) in [6, 6.07) is 7.15. The Labute approximate surface area is 94.6 Å². The van der Waals surface area contributed by atoms with Gasteiger partial charge in [0.1, 0.15) is 11.8 Å². The molecule has 4 heteroatoms. The minimum atomic E-state index is 0.461. The maximum Gasteiger partial charge on any atom is 0.121 e. The number of hydrogen-bond donors (Lipinski definition) is 1. The molecule has 0 amide bonds. The molecule has 0 spiro atoms. The monoisotopic (exact) mass is 218 g/mol. The lowest BCUT2D eigenvalue weighted by molar-refractivity contribution is 0.167. The summed E-state index contributed by atoms with van der Waals surface area (Å²) in [7, 11) is 0. The minimum Gasteiger partial charge on any atom is -0.493 e. The molecular formula is C12H14N2O2. The Kier molecular flexibility index (Phi) is 3.28. The molecule has 16 heavy (non-hydrogen) atoms. The topological polar surface area (TPSA) is 68.3 Å². The second-order valence-electron chi connectivity index (χ2n) is 3.90. The van der Waals surface area contributed by atoms with Crippen LogP contribution in [0, 0.1) is 17.2 Å². The van der Waals surface area contributed by atoms with Gasteiger partial charge in [-0.3, -0.25) is 0 Å². The number of nitrogens with zero attached hydrogens (tertiary/aromatic N) is 1. The Morgan fingerprint density at radius 3 is 3.06 bits per heavy atom. The molecule has 4 nitrogen and oxygen atoms in total. The van der Waals surface area contributed by atoms with E-state index in [0.717, 1.165) is 19.6 Å². The molecule has 1 atom stereocenters. The van der Waals surface area contributed by atoms with E-state index in [-0.39, 0.29) is 0 Å². The zero-order chi connectivity index (χ0) is 11.4. The molecule has 1 aromatic carbocycles. The minimum absolute atomic E-state index is 0.461. The van der Waals surface area contributed by atoms with Gasteiger partial charge in [0.15, 0.2) is 0 Å². The van der Waals surface area contributed by atoms with Gasteiger partial charge in [0.25, 0.3) is 0 Å². The summed E-state index contributed by atoms with van der Waals surface area (Å²) in [5, 5.41) is 8.72. The van der Waals surface area contributed by atoms with Crippen molar-refractivity contribution in [2.75, 3.05) is 25.6 Å². The molecule has 1 unspecified atom stereocenters. The van der Waals surface area contributed by atoms with Crippen molar-refractivity contribution in [3.05, 3.63) is 23.8 Å². The lowest BCUT2D eigenvalue weighted by Gasteiger charge is -2.10. The van der Waals surface area contributed by atoms with Crippen LogP contribution in [0.4, 0.5) is 5.69 Å². The summed E-state index contributed by atoms with van der Waals surface area (Å²) in [5.74, 6) is 1.18. The van der Waals surface area contributed by atoms with E-state index in [1.165, 1.54) is 0 Å². The van der Waals surface area contributed by atoms with E-state index in [4.69, 9.17) is 20.5 Å². The Bertz CT molecular complexity index is 406. The standard InChI is InChI=1S/C12H14N2O2/c13-6-10-1-2-11(5-12(10)14)16-8-9-3-4-15-7-9/h1-2,5,9H,3-4,7-8,14H2. The zero-order valence-electron chi connectivity index (χ0n) is 8.98. The van der Waals surface area contributed by atoms with Crippen LogP contribution in [0.2, 0.25) is 0 Å². The maximum absolute atomic E-state index is 8.72. The molecule has 0 aromatic heterocycles. The average Bonchev–Trinajstić information content (AvgIpc) is 2.79. The van der Waals surface area contributed by atoms with Gasteiger partial charge in [-0.15, -0.1) is 0 Å². The molecule has 1 aromatic rings. The SMILES string of the molecule is N#Cc1ccc(OCC2CCOC2)cc1N. The molecule has 1 saturated heterocycles. The highest BCUT2D eigenvalue weighted by Crippen LogP contribution is 2.21. The van der Waals surface area contributed by atoms with Gasteiger partial charge in [-0.1, -0.05) is 0 Å². The fourth-order valence-corrected chi connectivity index (χ4v) is 1.66. The van der Waals surface area contributed by atoms with Gasteiger partial charge in [0.2, 0.25) is 0 Å². The van der Waals surface area contributed by atoms with Crippen LogP contribution >= 0.6 is 0 Å². The van der Waals surface area contributed by atoms with Crippen molar-refractivity contribution in [1.82, 2.24) is 0 Å². The normalized spacial score (nSPS) is 19.3. The van der Waals surface area contributed by atoms with Gasteiger partial charge in [-0.05, 0) is 18.6 Å². The highest BCUT2D eigenvalue weighted by molar-refractivity contribution is 5.56. The molecule has 1 aliphatic heterocycles. The third-order valence-corrected chi connectivity index (χ3v) is 2.65. The van der Waals surface area contributed by atoms with Gasteiger partial charge >= 0.3 is 0 Å². The predicted molar refractivity (Wildman–Crippen MR) is 60.0 cm³/mol. The quantitative estimate of drug-likeness (QED) is 0.781. The van der Waals surface area contributed by atoms with Crippen LogP contribution in [0.1, 0.15) is 12.0 Å². The molecule has 84 valence electrons. The molecule has 2 rings (SSSR count). The smallest absolute Gasteiger partial charge is 0.121 e. The number of benzene rings is 1. The van der Waals surface area contributed by atoms with Gasteiger partial charge < -0.3 is 15.2 Å². The number of hydrogen-bond acceptors (Lipinski definition) is 4. The van der Waals surface area contributed by atoms with Crippen LogP contribution in [0.5, 0.6) is 5.75 Å². The summed E-state index contributed by atoms with van der Waals surface area (Å²) in [6.07, 6.45) is 1.05. The highest BCUT2D eigenvalue weighted by Gasteiger charge is 2.16. The van der Waals surface area contributed by atoms with Crippen LogP contribution < -0.4 is 10.5 Å². The van der Waals surface area contributed by atoms with E-state index >= 15 is 0 Å². The number of rotatable bonds is 3. The summed E-state index contributed by atoms with van der Waals surface area (Å²) in [4.78, 5) is 0. The third-order valence-electron chi connectivity index (χ3n) is 2.65. The van der Waals surface area contributed by atoms with Crippen LogP contribution in [0.25, 0.3) is 0 Å². The first-order valence-corrected chi connectivity index (χ1v) is 5.30. The summed E-state index contributed by atoms with van der Waals surface area (Å²) >= 11 is 0. The first-order valence-electron chi connectivity index (χ1n) is 5.30. The molecule has 0 aliphatic carbocycles. The largest absolute Gasteiger partial charge is 0.493 e. The summed E-state index contributed by atoms with van der Waals surface area (Å²) in [5.41, 5.74) is 6.63. The highest BCUT2D eigenvalue weighted by atomic mass is 16.5. The second kappa shape index (κ2) is 4.86. The summed E-state index contributed by atoms with van der Waals surface area (Å²) < 4.78 is 10.9. The van der Waals surface area contributed by atoms with Gasteiger partial charge in [0, 0.05) is 18.6 Å². The van der Waals surface area contributed by atoms with E-state index in [9.17, 15) is 0 Å². The van der Waals surface area contributed by atoms with Gasteiger partial charge in [-0.25, -0.2) is 0 Å². The van der Waals surface area contributed by atoms with Crippen molar-refractivity contribution in [2.45, 2.75) is 6.42 Å². The van der Waals surface area contributed by atoms with Gasteiger partial charge in [-0.2, -0.15) is 5.26 Å². The van der Waals surface area contributed by atoms with E-state index in [1.54, 1.807) is 18.2 Å². The van der Waals surface area contributed by atoms with Crippen LogP contribution in [0.3, 0.4) is 0 Å². The molecule has 0 radical (unpaired) electrons. The van der Waals surface area contributed by atoms with Crippen LogP contribution in [-0.2, 0) is 4.74 Å². The molecule has 1 heterocycles. The van der Waals surface area contributed by atoms with Gasteiger partial charge in [0.05, 0.1) is 24.5 Å². The van der Waals surface area contributed by atoms with Crippen molar-refractivity contribution in [1.29, 1.82) is 5.26 Å². The average molecular weight is 218 g/mol. The first kappa shape index (κ1) is 10.8. The number of anilines is 1. The van der Waals surface area contributed by atoms with Crippen molar-refractivity contribution < 1.29 is 9.47 Å². The number of nitriles is 1.